The molecule has 0 saturated heterocycles. The average molecular weight is 376 g/mol. The van der Waals surface area contributed by atoms with Crippen LogP contribution in [0.2, 0.25) is 5.02 Å². The Morgan fingerprint density at radius 1 is 1.30 bits per heavy atom. The Labute approximate surface area is 136 Å². The van der Waals surface area contributed by atoms with Gasteiger partial charge in [-0.3, -0.25) is 0 Å². The summed E-state index contributed by atoms with van der Waals surface area (Å²) in [5, 5.41) is 6.95. The monoisotopic (exact) mass is 374 g/mol. The first-order chi connectivity index (χ1) is 9.69. The molecule has 7 heteroatoms. The van der Waals surface area contributed by atoms with Crippen LogP contribution in [0.25, 0.3) is 0 Å². The van der Waals surface area contributed by atoms with Gasteiger partial charge in [-0.05, 0) is 40.9 Å². The third-order valence-corrected chi connectivity index (χ3v) is 4.53. The molecule has 2 aromatic heterocycles. The van der Waals surface area contributed by atoms with Crippen molar-refractivity contribution in [3.63, 3.8) is 0 Å². The Hall–Kier alpha value is -0.850. The normalized spacial score (nSPS) is 10.6. The van der Waals surface area contributed by atoms with Crippen LogP contribution in [-0.2, 0) is 6.42 Å². The summed E-state index contributed by atoms with van der Waals surface area (Å²) in [4.78, 5) is 9.84. The molecular formula is C13H16BrClN4S. The molecule has 0 unspecified atom stereocenters. The molecule has 0 aromatic carbocycles. The Kier molecular flexibility index (Phi) is 6.06. The molecule has 0 atom stereocenters. The molecule has 0 fully saturated rings. The van der Waals surface area contributed by atoms with E-state index < -0.39 is 0 Å². The lowest BCUT2D eigenvalue weighted by Gasteiger charge is -2.09. The van der Waals surface area contributed by atoms with Crippen molar-refractivity contribution in [2.75, 3.05) is 23.7 Å². The lowest BCUT2D eigenvalue weighted by atomic mass is 10.3. The number of thiophene rings is 1. The van der Waals surface area contributed by atoms with Gasteiger partial charge in [0, 0.05) is 18.0 Å². The van der Waals surface area contributed by atoms with Gasteiger partial charge in [-0.2, -0.15) is 4.98 Å². The zero-order valence-corrected chi connectivity index (χ0v) is 14.3. The van der Waals surface area contributed by atoms with Crippen LogP contribution < -0.4 is 10.6 Å². The second kappa shape index (κ2) is 7.81. The molecule has 2 heterocycles. The third-order valence-electron chi connectivity index (χ3n) is 2.57. The molecule has 2 aromatic rings. The molecule has 0 radical (unpaired) electrons. The van der Waals surface area contributed by atoms with Gasteiger partial charge in [-0.15, -0.1) is 11.3 Å². The SMILES string of the molecule is CCCNc1ncc(Cl)c(NCCc2ccc(Br)s2)n1. The molecule has 108 valence electrons. The summed E-state index contributed by atoms with van der Waals surface area (Å²) in [6, 6.07) is 4.18. The van der Waals surface area contributed by atoms with Gasteiger partial charge in [-0.25, -0.2) is 4.98 Å². The van der Waals surface area contributed by atoms with Gasteiger partial charge < -0.3 is 10.6 Å². The van der Waals surface area contributed by atoms with Crippen LogP contribution in [0.3, 0.4) is 0 Å². The van der Waals surface area contributed by atoms with Crippen molar-refractivity contribution in [1.82, 2.24) is 9.97 Å². The Balaban J connectivity index is 1.90. The topological polar surface area (TPSA) is 49.8 Å². The van der Waals surface area contributed by atoms with Crippen molar-refractivity contribution in [2.45, 2.75) is 19.8 Å². The summed E-state index contributed by atoms with van der Waals surface area (Å²) in [5.74, 6) is 1.29. The average Bonchev–Trinajstić information content (AvgIpc) is 2.85. The van der Waals surface area contributed by atoms with Crippen LogP contribution in [0.5, 0.6) is 0 Å². The van der Waals surface area contributed by atoms with Crippen LogP contribution in [0.1, 0.15) is 18.2 Å². The zero-order chi connectivity index (χ0) is 14.4. The second-order valence-corrected chi connectivity index (χ2v) is 7.15. The molecule has 0 aliphatic carbocycles. The van der Waals surface area contributed by atoms with E-state index in [1.807, 2.05) is 0 Å². The molecule has 4 nitrogen and oxygen atoms in total. The quantitative estimate of drug-likeness (QED) is 0.751. The molecule has 0 spiro atoms. The number of rotatable bonds is 7. The van der Waals surface area contributed by atoms with E-state index in [0.717, 1.165) is 29.7 Å². The molecule has 2 N–H and O–H groups in total. The zero-order valence-electron chi connectivity index (χ0n) is 11.1. The first kappa shape index (κ1) is 15.5. The molecule has 0 amide bonds. The van der Waals surface area contributed by atoms with Crippen molar-refractivity contribution >= 4 is 50.6 Å². The van der Waals surface area contributed by atoms with Gasteiger partial charge in [0.25, 0.3) is 0 Å². The van der Waals surface area contributed by atoms with Crippen molar-refractivity contribution in [3.8, 4) is 0 Å². The van der Waals surface area contributed by atoms with Crippen LogP contribution >= 0.6 is 38.9 Å². The van der Waals surface area contributed by atoms with Crippen molar-refractivity contribution in [2.24, 2.45) is 0 Å². The highest BCUT2D eigenvalue weighted by atomic mass is 79.9. The van der Waals surface area contributed by atoms with Gasteiger partial charge >= 0.3 is 0 Å². The predicted octanol–water partition coefficient (Wildman–Crippen LogP) is 4.43. The van der Waals surface area contributed by atoms with Crippen molar-refractivity contribution < 1.29 is 0 Å². The summed E-state index contributed by atoms with van der Waals surface area (Å²) in [6.07, 6.45) is 3.59. The largest absolute Gasteiger partial charge is 0.368 e. The maximum absolute atomic E-state index is 6.10. The maximum atomic E-state index is 6.10. The summed E-state index contributed by atoms with van der Waals surface area (Å²) < 4.78 is 1.15. The van der Waals surface area contributed by atoms with Gasteiger partial charge in [0.05, 0.1) is 9.98 Å². The van der Waals surface area contributed by atoms with Crippen LogP contribution in [-0.4, -0.2) is 23.1 Å². The maximum Gasteiger partial charge on any atom is 0.224 e. The second-order valence-electron chi connectivity index (χ2n) is 4.20. The highest BCUT2D eigenvalue weighted by Crippen LogP contribution is 2.23. The van der Waals surface area contributed by atoms with E-state index in [0.29, 0.717) is 16.8 Å². The number of hydrogen-bond acceptors (Lipinski definition) is 5. The molecule has 2 rings (SSSR count). The number of nitrogens with zero attached hydrogens (tertiary/aromatic N) is 2. The molecular weight excluding hydrogens is 360 g/mol. The van der Waals surface area contributed by atoms with Gasteiger partial charge in [0.2, 0.25) is 5.95 Å². The smallest absolute Gasteiger partial charge is 0.224 e. The lowest BCUT2D eigenvalue weighted by molar-refractivity contribution is 0.948. The minimum Gasteiger partial charge on any atom is -0.368 e. The van der Waals surface area contributed by atoms with E-state index in [1.165, 1.54) is 4.88 Å². The van der Waals surface area contributed by atoms with E-state index in [9.17, 15) is 0 Å². The Morgan fingerprint density at radius 2 is 2.15 bits per heavy atom. The Bertz CT molecular complexity index is 561. The minimum atomic E-state index is 0.541. The molecule has 0 aliphatic rings. The summed E-state index contributed by atoms with van der Waals surface area (Å²) in [6.45, 7) is 3.74. The van der Waals surface area contributed by atoms with E-state index in [4.69, 9.17) is 11.6 Å². The standard InChI is InChI=1S/C13H16BrClN4S/c1-2-6-17-13-18-8-10(15)12(19-13)16-7-5-9-3-4-11(14)20-9/h3-4,8H,2,5-7H2,1H3,(H2,16,17,18,19). The van der Waals surface area contributed by atoms with Crippen molar-refractivity contribution in [3.05, 3.63) is 32.0 Å². The van der Waals surface area contributed by atoms with Gasteiger partial charge in [-0.1, -0.05) is 18.5 Å². The first-order valence-electron chi connectivity index (χ1n) is 6.43. The van der Waals surface area contributed by atoms with E-state index in [2.05, 4.69) is 55.6 Å². The van der Waals surface area contributed by atoms with Gasteiger partial charge in [0.15, 0.2) is 0 Å². The summed E-state index contributed by atoms with van der Waals surface area (Å²) in [5.41, 5.74) is 0. The van der Waals surface area contributed by atoms with E-state index in [-0.39, 0.29) is 0 Å². The fourth-order valence-corrected chi connectivity index (χ4v) is 3.24. The third kappa shape index (κ3) is 4.61. The first-order valence-corrected chi connectivity index (χ1v) is 8.42. The number of aromatic nitrogens is 2. The highest BCUT2D eigenvalue weighted by molar-refractivity contribution is 9.11. The number of hydrogen-bond donors (Lipinski definition) is 2. The van der Waals surface area contributed by atoms with E-state index in [1.54, 1.807) is 17.5 Å². The fraction of sp³-hybridized carbons (Fsp3) is 0.385. The fourth-order valence-electron chi connectivity index (χ4n) is 1.60. The van der Waals surface area contributed by atoms with Crippen LogP contribution in [0, 0.1) is 0 Å². The lowest BCUT2D eigenvalue weighted by Crippen LogP contribution is -2.09. The summed E-state index contributed by atoms with van der Waals surface area (Å²) >= 11 is 11.3. The highest BCUT2D eigenvalue weighted by Gasteiger charge is 2.05. The van der Waals surface area contributed by atoms with Gasteiger partial charge in [0.1, 0.15) is 10.8 Å². The molecule has 0 bridgehead atoms. The molecule has 0 aliphatic heterocycles. The Morgan fingerprint density at radius 3 is 2.85 bits per heavy atom. The van der Waals surface area contributed by atoms with E-state index >= 15 is 0 Å². The summed E-state index contributed by atoms with van der Waals surface area (Å²) in [7, 11) is 0. The molecule has 0 saturated carbocycles. The van der Waals surface area contributed by atoms with Crippen molar-refractivity contribution in [1.29, 1.82) is 0 Å². The number of halogens is 2. The predicted molar refractivity (Wildman–Crippen MR) is 90.0 cm³/mol. The number of anilines is 2. The van der Waals surface area contributed by atoms with Crippen LogP contribution in [0.15, 0.2) is 22.1 Å². The number of nitrogens with one attached hydrogen (secondary N) is 2. The van der Waals surface area contributed by atoms with Crippen LogP contribution in [0.4, 0.5) is 11.8 Å². The molecule has 20 heavy (non-hydrogen) atoms. The minimum absolute atomic E-state index is 0.541.